The standard InChI is InChI=1S/C11H15N3O5S/c1-12-10-3-2-9(14(15)16)6-11(10)20(17,18)13-8-4-5-19-7-8/h2-3,6,8,12-13H,4-5,7H2,1H3. The summed E-state index contributed by atoms with van der Waals surface area (Å²) < 4.78 is 32.2. The number of nitrogens with zero attached hydrogens (tertiary/aromatic N) is 1. The van der Waals surface area contributed by atoms with Crippen molar-refractivity contribution < 1.29 is 18.1 Å². The zero-order valence-electron chi connectivity index (χ0n) is 10.8. The predicted molar refractivity (Wildman–Crippen MR) is 72.2 cm³/mol. The molecule has 1 aliphatic heterocycles. The van der Waals surface area contributed by atoms with E-state index in [1.165, 1.54) is 12.1 Å². The van der Waals surface area contributed by atoms with E-state index in [-0.39, 0.29) is 16.6 Å². The summed E-state index contributed by atoms with van der Waals surface area (Å²) in [5, 5.41) is 13.5. The molecule has 0 radical (unpaired) electrons. The average molecular weight is 301 g/mol. The fourth-order valence-corrected chi connectivity index (χ4v) is 3.45. The number of ether oxygens (including phenoxy) is 1. The van der Waals surface area contributed by atoms with Crippen molar-refractivity contribution in [3.8, 4) is 0 Å². The summed E-state index contributed by atoms with van der Waals surface area (Å²) in [6, 6.07) is 3.37. The minimum atomic E-state index is -3.84. The molecule has 0 amide bonds. The summed E-state index contributed by atoms with van der Waals surface area (Å²) in [7, 11) is -2.28. The second-order valence-corrected chi connectivity index (χ2v) is 6.05. The van der Waals surface area contributed by atoms with Gasteiger partial charge in [0.25, 0.3) is 5.69 Å². The SMILES string of the molecule is CNc1ccc([N+](=O)[O-])cc1S(=O)(=O)NC1CCOC1. The van der Waals surface area contributed by atoms with E-state index in [2.05, 4.69) is 10.0 Å². The van der Waals surface area contributed by atoms with Crippen LogP contribution in [0.5, 0.6) is 0 Å². The van der Waals surface area contributed by atoms with E-state index in [0.717, 1.165) is 6.07 Å². The van der Waals surface area contributed by atoms with E-state index in [0.29, 0.717) is 25.3 Å². The first-order chi connectivity index (χ1) is 9.44. The number of nitrogens with one attached hydrogen (secondary N) is 2. The Kier molecular flexibility index (Phi) is 4.21. The molecule has 20 heavy (non-hydrogen) atoms. The monoisotopic (exact) mass is 301 g/mol. The molecule has 1 aliphatic rings. The minimum Gasteiger partial charge on any atom is -0.387 e. The highest BCUT2D eigenvalue weighted by Gasteiger charge is 2.27. The number of nitro groups is 1. The smallest absolute Gasteiger partial charge is 0.270 e. The molecule has 1 fully saturated rings. The molecule has 2 rings (SSSR count). The molecule has 9 heteroatoms. The third-order valence-corrected chi connectivity index (χ3v) is 4.55. The van der Waals surface area contributed by atoms with Crippen LogP contribution in [0.1, 0.15) is 6.42 Å². The van der Waals surface area contributed by atoms with Crippen molar-refractivity contribution in [3.05, 3.63) is 28.3 Å². The van der Waals surface area contributed by atoms with Crippen LogP contribution < -0.4 is 10.0 Å². The summed E-state index contributed by atoms with van der Waals surface area (Å²) in [6.45, 7) is 0.810. The summed E-state index contributed by atoms with van der Waals surface area (Å²) in [6.07, 6.45) is 0.586. The second kappa shape index (κ2) is 5.73. The summed E-state index contributed by atoms with van der Waals surface area (Å²) in [4.78, 5) is 10.0. The van der Waals surface area contributed by atoms with Gasteiger partial charge >= 0.3 is 0 Å². The summed E-state index contributed by atoms with van der Waals surface area (Å²) >= 11 is 0. The normalized spacial score (nSPS) is 18.9. The van der Waals surface area contributed by atoms with Gasteiger partial charge in [-0.1, -0.05) is 0 Å². The Labute approximate surface area is 116 Å². The lowest BCUT2D eigenvalue weighted by Gasteiger charge is -2.14. The van der Waals surface area contributed by atoms with Crippen LogP contribution in [0.2, 0.25) is 0 Å². The Hall–Kier alpha value is -1.71. The number of hydrogen-bond acceptors (Lipinski definition) is 6. The molecule has 1 aromatic carbocycles. The average Bonchev–Trinajstić information content (AvgIpc) is 2.90. The van der Waals surface area contributed by atoms with E-state index in [1.807, 2.05) is 0 Å². The maximum absolute atomic E-state index is 12.3. The van der Waals surface area contributed by atoms with Crippen LogP contribution in [0.25, 0.3) is 0 Å². The van der Waals surface area contributed by atoms with Gasteiger partial charge in [0.05, 0.1) is 17.2 Å². The van der Waals surface area contributed by atoms with E-state index >= 15 is 0 Å². The van der Waals surface area contributed by atoms with Crippen molar-refractivity contribution >= 4 is 21.4 Å². The van der Waals surface area contributed by atoms with Gasteiger partial charge in [0.2, 0.25) is 10.0 Å². The predicted octanol–water partition coefficient (Wildman–Crippen LogP) is 0.704. The van der Waals surface area contributed by atoms with E-state index < -0.39 is 14.9 Å². The fraction of sp³-hybridized carbons (Fsp3) is 0.455. The molecule has 1 heterocycles. The number of hydrogen-bond donors (Lipinski definition) is 2. The van der Waals surface area contributed by atoms with Gasteiger partial charge in [0.15, 0.2) is 0 Å². The van der Waals surface area contributed by atoms with Gasteiger partial charge in [-0.3, -0.25) is 10.1 Å². The molecule has 1 unspecified atom stereocenters. The van der Waals surface area contributed by atoms with Crippen LogP contribution in [0, 0.1) is 10.1 Å². The molecular weight excluding hydrogens is 286 g/mol. The highest BCUT2D eigenvalue weighted by molar-refractivity contribution is 7.89. The van der Waals surface area contributed by atoms with E-state index in [1.54, 1.807) is 7.05 Å². The highest BCUT2D eigenvalue weighted by atomic mass is 32.2. The van der Waals surface area contributed by atoms with Crippen LogP contribution in [0.15, 0.2) is 23.1 Å². The zero-order chi connectivity index (χ0) is 14.8. The maximum atomic E-state index is 12.3. The van der Waals surface area contributed by atoms with E-state index in [9.17, 15) is 18.5 Å². The first kappa shape index (κ1) is 14.7. The first-order valence-electron chi connectivity index (χ1n) is 6.00. The molecule has 0 saturated carbocycles. The van der Waals surface area contributed by atoms with Crippen molar-refractivity contribution in [2.24, 2.45) is 0 Å². The lowest BCUT2D eigenvalue weighted by atomic mass is 10.3. The number of nitro benzene ring substituents is 1. The van der Waals surface area contributed by atoms with Crippen molar-refractivity contribution in [3.63, 3.8) is 0 Å². The maximum Gasteiger partial charge on any atom is 0.270 e. The molecule has 1 saturated heterocycles. The summed E-state index contributed by atoms with van der Waals surface area (Å²) in [5.41, 5.74) is 0.0362. The molecule has 1 atom stereocenters. The molecule has 2 N–H and O–H groups in total. The molecule has 0 spiro atoms. The Morgan fingerprint density at radius 2 is 2.20 bits per heavy atom. The second-order valence-electron chi connectivity index (χ2n) is 4.37. The van der Waals surface area contributed by atoms with Gasteiger partial charge in [-0.25, -0.2) is 13.1 Å². The van der Waals surface area contributed by atoms with Gasteiger partial charge < -0.3 is 10.1 Å². The Morgan fingerprint density at radius 3 is 2.75 bits per heavy atom. The third kappa shape index (κ3) is 3.06. The van der Waals surface area contributed by atoms with Gasteiger partial charge in [0, 0.05) is 31.8 Å². The fourth-order valence-electron chi connectivity index (χ4n) is 1.96. The number of anilines is 1. The molecule has 0 aliphatic carbocycles. The Balaban J connectivity index is 2.37. The van der Waals surface area contributed by atoms with Crippen LogP contribution in [0.4, 0.5) is 11.4 Å². The largest absolute Gasteiger partial charge is 0.387 e. The van der Waals surface area contributed by atoms with Crippen LogP contribution >= 0.6 is 0 Å². The van der Waals surface area contributed by atoms with E-state index in [4.69, 9.17) is 4.74 Å². The molecule has 110 valence electrons. The Bertz CT molecular complexity index is 610. The number of non-ortho nitro benzene ring substituents is 1. The van der Waals surface area contributed by atoms with Crippen molar-refractivity contribution in [1.82, 2.24) is 4.72 Å². The van der Waals surface area contributed by atoms with Gasteiger partial charge in [-0.05, 0) is 12.5 Å². The van der Waals surface area contributed by atoms with Crippen molar-refractivity contribution in [2.75, 3.05) is 25.6 Å². The molecule has 0 aromatic heterocycles. The lowest BCUT2D eigenvalue weighted by molar-refractivity contribution is -0.385. The lowest BCUT2D eigenvalue weighted by Crippen LogP contribution is -2.35. The zero-order valence-corrected chi connectivity index (χ0v) is 11.6. The molecular formula is C11H15N3O5S. The van der Waals surface area contributed by atoms with Gasteiger partial charge in [-0.15, -0.1) is 0 Å². The van der Waals surface area contributed by atoms with Crippen LogP contribution in [0.3, 0.4) is 0 Å². The quantitative estimate of drug-likeness (QED) is 0.612. The van der Waals surface area contributed by atoms with Gasteiger partial charge in [0.1, 0.15) is 4.90 Å². The number of sulfonamides is 1. The van der Waals surface area contributed by atoms with Crippen LogP contribution in [-0.2, 0) is 14.8 Å². The number of benzene rings is 1. The molecule has 8 nitrogen and oxygen atoms in total. The minimum absolute atomic E-state index is 0.138. The molecule has 0 bridgehead atoms. The third-order valence-electron chi connectivity index (χ3n) is 2.99. The Morgan fingerprint density at radius 1 is 1.45 bits per heavy atom. The first-order valence-corrected chi connectivity index (χ1v) is 7.48. The highest BCUT2D eigenvalue weighted by Crippen LogP contribution is 2.26. The molecule has 1 aromatic rings. The topological polar surface area (TPSA) is 111 Å². The number of rotatable bonds is 5. The van der Waals surface area contributed by atoms with Gasteiger partial charge in [-0.2, -0.15) is 0 Å². The summed E-state index contributed by atoms with van der Waals surface area (Å²) in [5.74, 6) is 0. The van der Waals surface area contributed by atoms with Crippen molar-refractivity contribution in [2.45, 2.75) is 17.4 Å². The van der Waals surface area contributed by atoms with Crippen molar-refractivity contribution in [1.29, 1.82) is 0 Å². The van der Waals surface area contributed by atoms with Crippen LogP contribution in [-0.4, -0.2) is 39.6 Å².